The van der Waals surface area contributed by atoms with E-state index in [4.69, 9.17) is 0 Å². The van der Waals surface area contributed by atoms with Gasteiger partial charge in [0.05, 0.1) is 23.6 Å². The highest BCUT2D eigenvalue weighted by Gasteiger charge is 2.15. The minimum atomic E-state index is -0.417. The van der Waals surface area contributed by atoms with Crippen LogP contribution in [0.2, 0.25) is 0 Å². The van der Waals surface area contributed by atoms with E-state index in [1.807, 2.05) is 6.07 Å². The van der Waals surface area contributed by atoms with Crippen molar-refractivity contribution in [3.05, 3.63) is 72.7 Å². The van der Waals surface area contributed by atoms with Crippen molar-refractivity contribution in [2.45, 2.75) is 0 Å². The van der Waals surface area contributed by atoms with Crippen LogP contribution in [-0.4, -0.2) is 26.1 Å². The molecule has 0 bridgehead atoms. The molecule has 25 heavy (non-hydrogen) atoms. The predicted octanol–water partition coefficient (Wildman–Crippen LogP) is 3.41. The van der Waals surface area contributed by atoms with Crippen molar-refractivity contribution >= 4 is 22.5 Å². The molecule has 0 fully saturated rings. The van der Waals surface area contributed by atoms with Gasteiger partial charge in [-0.3, -0.25) is 19.9 Å². The van der Waals surface area contributed by atoms with Crippen LogP contribution in [0.1, 0.15) is 10.5 Å². The summed E-state index contributed by atoms with van der Waals surface area (Å²) < 4.78 is 13.4. The van der Waals surface area contributed by atoms with Crippen molar-refractivity contribution in [1.82, 2.24) is 20.2 Å². The number of nitrogens with zero attached hydrogens (tertiary/aromatic N) is 3. The first kappa shape index (κ1) is 14.9. The average molecular weight is 333 g/mol. The fourth-order valence-electron chi connectivity index (χ4n) is 2.56. The summed E-state index contributed by atoms with van der Waals surface area (Å²) in [4.78, 5) is 20.3. The van der Waals surface area contributed by atoms with Gasteiger partial charge >= 0.3 is 0 Å². The number of carbonyl (C=O) groups is 1. The number of aromatic amines is 1. The number of H-pyrrole nitrogens is 1. The second-order valence-corrected chi connectivity index (χ2v) is 5.42. The Labute approximate surface area is 141 Å². The lowest BCUT2D eigenvalue weighted by Gasteiger charge is -2.04. The van der Waals surface area contributed by atoms with Gasteiger partial charge in [-0.2, -0.15) is 5.10 Å². The van der Waals surface area contributed by atoms with Crippen LogP contribution in [-0.2, 0) is 0 Å². The van der Waals surface area contributed by atoms with Crippen molar-refractivity contribution in [2.24, 2.45) is 0 Å². The van der Waals surface area contributed by atoms with Crippen LogP contribution in [0.5, 0.6) is 0 Å². The van der Waals surface area contributed by atoms with Crippen molar-refractivity contribution in [3.8, 4) is 11.1 Å². The van der Waals surface area contributed by atoms with Crippen LogP contribution >= 0.6 is 0 Å². The number of rotatable bonds is 3. The summed E-state index contributed by atoms with van der Waals surface area (Å²) in [6, 6.07) is 10.3. The topological polar surface area (TPSA) is 83.6 Å². The highest BCUT2D eigenvalue weighted by Crippen LogP contribution is 2.25. The van der Waals surface area contributed by atoms with E-state index in [1.54, 1.807) is 42.9 Å². The molecule has 1 aromatic carbocycles. The first-order chi connectivity index (χ1) is 12.2. The zero-order chi connectivity index (χ0) is 17.2. The maximum absolute atomic E-state index is 13.4. The second-order valence-electron chi connectivity index (χ2n) is 5.42. The maximum Gasteiger partial charge on any atom is 0.276 e. The summed E-state index contributed by atoms with van der Waals surface area (Å²) in [5, 5.41) is 10.3. The number of nitrogens with one attached hydrogen (secondary N) is 2. The maximum atomic E-state index is 13.4. The van der Waals surface area contributed by atoms with Gasteiger partial charge in [-0.15, -0.1) is 0 Å². The van der Waals surface area contributed by atoms with Gasteiger partial charge in [0, 0.05) is 23.3 Å². The van der Waals surface area contributed by atoms with Gasteiger partial charge in [-0.25, -0.2) is 4.39 Å². The number of benzene rings is 1. The Balaban J connectivity index is 1.73. The zero-order valence-electron chi connectivity index (χ0n) is 12.9. The molecule has 2 N–H and O–H groups in total. The molecular weight excluding hydrogens is 321 g/mol. The van der Waals surface area contributed by atoms with Crippen molar-refractivity contribution in [2.75, 3.05) is 5.32 Å². The molecule has 0 aliphatic rings. The molecule has 0 radical (unpaired) electrons. The SMILES string of the molecule is O=C(Nc1cccnc1)c1n[nH]c2ccc(-c3cncc(F)c3)cc12. The lowest BCUT2D eigenvalue weighted by Crippen LogP contribution is -2.12. The molecule has 0 spiro atoms. The third-order valence-electron chi connectivity index (χ3n) is 3.74. The minimum absolute atomic E-state index is 0.255. The van der Waals surface area contributed by atoms with E-state index in [0.29, 0.717) is 22.2 Å². The molecule has 4 rings (SSSR count). The van der Waals surface area contributed by atoms with Gasteiger partial charge in [0.25, 0.3) is 5.91 Å². The number of aromatic nitrogens is 4. The van der Waals surface area contributed by atoms with E-state index in [0.717, 1.165) is 11.8 Å². The summed E-state index contributed by atoms with van der Waals surface area (Å²) in [6.07, 6.45) is 5.89. The third-order valence-corrected chi connectivity index (χ3v) is 3.74. The Kier molecular flexibility index (Phi) is 3.66. The van der Waals surface area contributed by atoms with E-state index < -0.39 is 5.82 Å². The lowest BCUT2D eigenvalue weighted by atomic mass is 10.0. The summed E-state index contributed by atoms with van der Waals surface area (Å²) >= 11 is 0. The molecule has 0 aliphatic carbocycles. The lowest BCUT2D eigenvalue weighted by molar-refractivity contribution is 0.102. The standard InChI is InChI=1S/C18H12FN5O/c19-13-6-12(8-21-9-13)11-3-4-16-15(7-11)17(24-23-16)18(25)22-14-2-1-5-20-10-14/h1-10H,(H,22,25)(H,23,24). The molecule has 6 nitrogen and oxygen atoms in total. The number of fused-ring (bicyclic) bond motifs is 1. The number of hydrogen-bond acceptors (Lipinski definition) is 4. The van der Waals surface area contributed by atoms with E-state index in [1.165, 1.54) is 6.07 Å². The van der Waals surface area contributed by atoms with Gasteiger partial charge in [-0.1, -0.05) is 6.07 Å². The van der Waals surface area contributed by atoms with Gasteiger partial charge in [0.15, 0.2) is 5.69 Å². The quantitative estimate of drug-likeness (QED) is 0.602. The zero-order valence-corrected chi connectivity index (χ0v) is 12.9. The molecule has 0 atom stereocenters. The molecule has 122 valence electrons. The number of anilines is 1. The van der Waals surface area contributed by atoms with Crippen molar-refractivity contribution in [1.29, 1.82) is 0 Å². The van der Waals surface area contributed by atoms with E-state index in [-0.39, 0.29) is 11.6 Å². The number of carbonyl (C=O) groups excluding carboxylic acids is 1. The van der Waals surface area contributed by atoms with Crippen LogP contribution in [0.3, 0.4) is 0 Å². The third kappa shape index (κ3) is 2.94. The van der Waals surface area contributed by atoms with Crippen molar-refractivity contribution < 1.29 is 9.18 Å². The molecule has 4 aromatic rings. The van der Waals surface area contributed by atoms with Gasteiger partial charge in [-0.05, 0) is 35.9 Å². The van der Waals surface area contributed by atoms with Gasteiger partial charge < -0.3 is 5.32 Å². The van der Waals surface area contributed by atoms with Crippen molar-refractivity contribution in [3.63, 3.8) is 0 Å². The van der Waals surface area contributed by atoms with E-state index >= 15 is 0 Å². The summed E-state index contributed by atoms with van der Waals surface area (Å²) in [5.41, 5.74) is 2.92. The fraction of sp³-hybridized carbons (Fsp3) is 0. The Morgan fingerprint density at radius 1 is 1.04 bits per heavy atom. The molecular formula is C18H12FN5O. The van der Waals surface area contributed by atoms with Crippen LogP contribution in [0.15, 0.2) is 61.2 Å². The molecule has 0 saturated heterocycles. The molecule has 1 amide bonds. The summed E-state index contributed by atoms with van der Waals surface area (Å²) in [6.45, 7) is 0. The Bertz CT molecular complexity index is 1060. The van der Waals surface area contributed by atoms with Gasteiger partial charge in [0.2, 0.25) is 0 Å². The number of pyridine rings is 2. The Morgan fingerprint density at radius 2 is 1.96 bits per heavy atom. The van der Waals surface area contributed by atoms with Crippen LogP contribution in [0, 0.1) is 5.82 Å². The molecule has 0 unspecified atom stereocenters. The Hall–Kier alpha value is -3.61. The summed E-state index contributed by atoms with van der Waals surface area (Å²) in [7, 11) is 0. The Morgan fingerprint density at radius 3 is 2.76 bits per heavy atom. The number of hydrogen-bond donors (Lipinski definition) is 2. The average Bonchev–Trinajstić information content (AvgIpc) is 3.06. The summed E-state index contributed by atoms with van der Waals surface area (Å²) in [5.74, 6) is -0.770. The molecule has 0 aliphatic heterocycles. The molecule has 3 heterocycles. The monoisotopic (exact) mass is 333 g/mol. The van der Waals surface area contributed by atoms with E-state index in [2.05, 4.69) is 25.5 Å². The fourth-order valence-corrected chi connectivity index (χ4v) is 2.56. The largest absolute Gasteiger partial charge is 0.319 e. The molecule has 7 heteroatoms. The van der Waals surface area contributed by atoms with Crippen LogP contribution in [0.4, 0.5) is 10.1 Å². The first-order valence-electron chi connectivity index (χ1n) is 7.51. The van der Waals surface area contributed by atoms with E-state index in [9.17, 15) is 9.18 Å². The van der Waals surface area contributed by atoms with Crippen LogP contribution < -0.4 is 5.32 Å². The molecule has 3 aromatic heterocycles. The van der Waals surface area contributed by atoms with Gasteiger partial charge in [0.1, 0.15) is 5.82 Å². The highest BCUT2D eigenvalue weighted by molar-refractivity contribution is 6.11. The minimum Gasteiger partial charge on any atom is -0.319 e. The predicted molar refractivity (Wildman–Crippen MR) is 91.5 cm³/mol. The smallest absolute Gasteiger partial charge is 0.276 e. The number of amides is 1. The second kappa shape index (κ2) is 6.12. The molecule has 0 saturated carbocycles. The first-order valence-corrected chi connectivity index (χ1v) is 7.51. The highest BCUT2D eigenvalue weighted by atomic mass is 19.1. The van der Waals surface area contributed by atoms with Crippen LogP contribution in [0.25, 0.3) is 22.0 Å². The normalized spacial score (nSPS) is 10.8. The number of halogens is 1.